The summed E-state index contributed by atoms with van der Waals surface area (Å²) in [6.07, 6.45) is 5.47. The first-order chi connectivity index (χ1) is 9.31. The van der Waals surface area contributed by atoms with Crippen LogP contribution in [0, 0.1) is 5.41 Å². The maximum atomic E-state index is 12.3. The molecule has 0 saturated carbocycles. The third-order valence-electron chi connectivity index (χ3n) is 4.14. The van der Waals surface area contributed by atoms with E-state index in [0.29, 0.717) is 6.42 Å². The number of nitrogens with zero attached hydrogens (tertiary/aromatic N) is 2. The van der Waals surface area contributed by atoms with Gasteiger partial charge in [-0.3, -0.25) is 4.79 Å². The average Bonchev–Trinajstić information content (AvgIpc) is 2.94. The Morgan fingerprint density at radius 2 is 2.10 bits per heavy atom. The number of ketones is 1. The summed E-state index contributed by atoms with van der Waals surface area (Å²) in [5.41, 5.74) is 1.88. The molecule has 3 rings (SSSR count). The second kappa shape index (κ2) is 4.29. The van der Waals surface area contributed by atoms with E-state index in [1.807, 2.05) is 23.8 Å². The highest BCUT2D eigenvalue weighted by Crippen LogP contribution is 2.38. The number of rotatable bonds is 2. The molecule has 0 unspecified atom stereocenters. The summed E-state index contributed by atoms with van der Waals surface area (Å²) < 4.78 is 2.24. The zero-order valence-corrected chi connectivity index (χ0v) is 13.3. The maximum Gasteiger partial charge on any atom is 0.165 e. The number of carbonyl (C=O) groups is 1. The highest BCUT2D eigenvalue weighted by Gasteiger charge is 2.36. The van der Waals surface area contributed by atoms with Crippen molar-refractivity contribution in [3.63, 3.8) is 0 Å². The Labute approximate surface area is 123 Å². The van der Waals surface area contributed by atoms with E-state index in [9.17, 15) is 4.79 Å². The largest absolute Gasteiger partial charge is 0.339 e. The Morgan fingerprint density at radius 1 is 1.35 bits per heavy atom. The fourth-order valence-corrected chi connectivity index (χ4v) is 3.86. The summed E-state index contributed by atoms with van der Waals surface area (Å²) in [7, 11) is 0. The highest BCUT2D eigenvalue weighted by atomic mass is 32.1. The van der Waals surface area contributed by atoms with Crippen molar-refractivity contribution in [2.45, 2.75) is 46.1 Å². The Hall–Kier alpha value is -1.42. The van der Waals surface area contributed by atoms with Crippen molar-refractivity contribution in [1.29, 1.82) is 0 Å². The van der Waals surface area contributed by atoms with Gasteiger partial charge in [-0.05, 0) is 31.7 Å². The van der Waals surface area contributed by atoms with Crippen molar-refractivity contribution >= 4 is 17.1 Å². The minimum Gasteiger partial charge on any atom is -0.339 e. The molecule has 0 bridgehead atoms. The van der Waals surface area contributed by atoms with E-state index < -0.39 is 0 Å². The number of hydrogen-bond donors (Lipinski definition) is 0. The first-order valence-corrected chi connectivity index (χ1v) is 7.83. The number of hydrogen-bond acceptors (Lipinski definition) is 3. The molecule has 3 nitrogen and oxygen atoms in total. The number of fused-ring (bicyclic) bond motifs is 1. The Morgan fingerprint density at radius 3 is 2.75 bits per heavy atom. The molecular formula is C16H20N2OS. The van der Waals surface area contributed by atoms with Crippen LogP contribution >= 0.6 is 11.3 Å². The van der Waals surface area contributed by atoms with E-state index in [1.54, 1.807) is 11.3 Å². The minimum absolute atomic E-state index is 0.0408. The number of aromatic nitrogens is 2. The lowest BCUT2D eigenvalue weighted by Gasteiger charge is -2.34. The van der Waals surface area contributed by atoms with Gasteiger partial charge in [0, 0.05) is 35.5 Å². The van der Waals surface area contributed by atoms with Gasteiger partial charge in [-0.25, -0.2) is 4.98 Å². The fraction of sp³-hybridized carbons (Fsp3) is 0.500. The summed E-state index contributed by atoms with van der Waals surface area (Å²) >= 11 is 1.66. The highest BCUT2D eigenvalue weighted by molar-refractivity contribution is 7.09. The molecule has 0 atom stereocenters. The number of thiazole rings is 1. The predicted molar refractivity (Wildman–Crippen MR) is 81.4 cm³/mol. The van der Waals surface area contributed by atoms with Gasteiger partial charge < -0.3 is 4.57 Å². The zero-order valence-electron chi connectivity index (χ0n) is 12.4. The molecule has 2 aromatic rings. The molecular weight excluding hydrogens is 268 g/mol. The van der Waals surface area contributed by atoms with Crippen LogP contribution in [0.2, 0.25) is 0 Å². The Balaban J connectivity index is 2.12. The third kappa shape index (κ3) is 2.03. The van der Waals surface area contributed by atoms with E-state index in [1.165, 1.54) is 0 Å². The first-order valence-electron chi connectivity index (χ1n) is 6.95. The zero-order chi connectivity index (χ0) is 14.5. The van der Waals surface area contributed by atoms with Crippen molar-refractivity contribution in [3.8, 4) is 0 Å². The van der Waals surface area contributed by atoms with E-state index in [4.69, 9.17) is 0 Å². The molecule has 0 N–H and O–H groups in total. The molecule has 0 fully saturated rings. The van der Waals surface area contributed by atoms with Crippen LogP contribution in [-0.4, -0.2) is 15.3 Å². The van der Waals surface area contributed by atoms with Gasteiger partial charge >= 0.3 is 0 Å². The van der Waals surface area contributed by atoms with E-state index in [2.05, 4.69) is 37.2 Å². The molecule has 106 valence electrons. The summed E-state index contributed by atoms with van der Waals surface area (Å²) in [4.78, 5) is 16.8. The summed E-state index contributed by atoms with van der Waals surface area (Å²) in [6.45, 7) is 8.67. The SMILES string of the molecule is CC1(C)CC(=O)c2ccn(C(C)(C)c3nccs3)c2C1. The minimum atomic E-state index is -0.213. The number of carbonyl (C=O) groups excluding carboxylic acids is 1. The van der Waals surface area contributed by atoms with Crippen LogP contribution in [0.25, 0.3) is 0 Å². The molecule has 0 saturated heterocycles. The summed E-state index contributed by atoms with van der Waals surface area (Å²) in [5, 5.41) is 3.08. The van der Waals surface area contributed by atoms with Crippen molar-refractivity contribution in [1.82, 2.24) is 9.55 Å². The molecule has 0 radical (unpaired) electrons. The van der Waals surface area contributed by atoms with Crippen LogP contribution in [0.3, 0.4) is 0 Å². The molecule has 0 spiro atoms. The van der Waals surface area contributed by atoms with Gasteiger partial charge in [0.25, 0.3) is 0 Å². The van der Waals surface area contributed by atoms with Gasteiger partial charge in [-0.15, -0.1) is 11.3 Å². The van der Waals surface area contributed by atoms with Gasteiger partial charge in [-0.2, -0.15) is 0 Å². The van der Waals surface area contributed by atoms with Crippen LogP contribution in [0.5, 0.6) is 0 Å². The summed E-state index contributed by atoms with van der Waals surface area (Å²) in [5.74, 6) is 0.268. The van der Waals surface area contributed by atoms with E-state index in [0.717, 1.165) is 22.7 Å². The second-order valence-electron chi connectivity index (χ2n) is 6.88. The normalized spacial score (nSPS) is 18.1. The lowest BCUT2D eigenvalue weighted by molar-refractivity contribution is 0.0908. The molecule has 2 aromatic heterocycles. The molecule has 20 heavy (non-hydrogen) atoms. The number of Topliss-reactive ketones (excluding diaryl/α,β-unsaturated/α-hetero) is 1. The van der Waals surface area contributed by atoms with Crippen LogP contribution in [0.15, 0.2) is 23.8 Å². The van der Waals surface area contributed by atoms with Crippen LogP contribution in [0.1, 0.15) is 55.2 Å². The first kappa shape index (κ1) is 13.6. The van der Waals surface area contributed by atoms with Crippen molar-refractivity contribution in [3.05, 3.63) is 40.1 Å². The van der Waals surface area contributed by atoms with Gasteiger partial charge in [0.2, 0.25) is 0 Å². The Bertz CT molecular complexity index is 650. The maximum absolute atomic E-state index is 12.3. The van der Waals surface area contributed by atoms with Crippen LogP contribution < -0.4 is 0 Å². The second-order valence-corrected chi connectivity index (χ2v) is 7.78. The fourth-order valence-electron chi connectivity index (χ4n) is 3.10. The van der Waals surface area contributed by atoms with Gasteiger partial charge in [0.1, 0.15) is 5.01 Å². The molecule has 0 amide bonds. The third-order valence-corrected chi connectivity index (χ3v) is 5.22. The van der Waals surface area contributed by atoms with E-state index in [-0.39, 0.29) is 16.7 Å². The lowest BCUT2D eigenvalue weighted by Crippen LogP contribution is -2.34. The molecule has 1 aliphatic rings. The van der Waals surface area contributed by atoms with E-state index >= 15 is 0 Å². The average molecular weight is 288 g/mol. The van der Waals surface area contributed by atoms with Crippen molar-refractivity contribution in [2.75, 3.05) is 0 Å². The topological polar surface area (TPSA) is 34.9 Å². The predicted octanol–water partition coefficient (Wildman–Crippen LogP) is 3.88. The lowest BCUT2D eigenvalue weighted by atomic mass is 9.76. The Kier molecular flexibility index (Phi) is 2.91. The molecule has 4 heteroatoms. The van der Waals surface area contributed by atoms with Gasteiger partial charge in [-0.1, -0.05) is 13.8 Å². The molecule has 2 heterocycles. The standard InChI is InChI=1S/C16H20N2OS/c1-15(2)9-12-11(13(19)10-15)5-7-18(12)16(3,4)14-17-6-8-20-14/h5-8H,9-10H2,1-4H3. The monoisotopic (exact) mass is 288 g/mol. The van der Waals surface area contributed by atoms with Crippen molar-refractivity contribution in [2.24, 2.45) is 5.41 Å². The van der Waals surface area contributed by atoms with Crippen molar-refractivity contribution < 1.29 is 4.79 Å². The molecule has 0 aromatic carbocycles. The molecule has 0 aliphatic heterocycles. The van der Waals surface area contributed by atoms with Gasteiger partial charge in [0.15, 0.2) is 5.78 Å². The quantitative estimate of drug-likeness (QED) is 0.840. The smallest absolute Gasteiger partial charge is 0.165 e. The molecule has 1 aliphatic carbocycles. The van der Waals surface area contributed by atoms with Crippen LogP contribution in [0.4, 0.5) is 0 Å². The summed E-state index contributed by atoms with van der Waals surface area (Å²) in [6, 6.07) is 1.97. The van der Waals surface area contributed by atoms with Gasteiger partial charge in [0.05, 0.1) is 5.54 Å². The van der Waals surface area contributed by atoms with Crippen LogP contribution in [-0.2, 0) is 12.0 Å².